The van der Waals surface area contributed by atoms with Crippen LogP contribution in [0.4, 0.5) is 11.4 Å². The third kappa shape index (κ3) is 4.76. The van der Waals surface area contributed by atoms with Crippen LogP contribution < -0.4 is 14.4 Å². The van der Waals surface area contributed by atoms with Crippen LogP contribution in [0.2, 0.25) is 0 Å². The number of anilines is 2. The van der Waals surface area contributed by atoms with Gasteiger partial charge in [0, 0.05) is 5.69 Å². The van der Waals surface area contributed by atoms with Gasteiger partial charge in [0.2, 0.25) is 15.9 Å². The molecule has 2 aromatic carbocycles. The van der Waals surface area contributed by atoms with Crippen LogP contribution in [0.15, 0.2) is 48.5 Å². The van der Waals surface area contributed by atoms with Gasteiger partial charge in [0.1, 0.15) is 11.8 Å². The lowest BCUT2D eigenvalue weighted by molar-refractivity contribution is -0.117. The number of ether oxygens (including phenoxy) is 1. The molecular formula is C19H24N2O4S. The molecule has 0 bridgehead atoms. The Morgan fingerprint density at radius 2 is 1.85 bits per heavy atom. The zero-order valence-electron chi connectivity index (χ0n) is 15.4. The topological polar surface area (TPSA) is 75.7 Å². The molecule has 2 aromatic rings. The monoisotopic (exact) mass is 376 g/mol. The largest absolute Gasteiger partial charge is 0.497 e. The number of rotatable bonds is 7. The van der Waals surface area contributed by atoms with E-state index in [4.69, 9.17) is 4.74 Å². The Morgan fingerprint density at radius 3 is 2.35 bits per heavy atom. The van der Waals surface area contributed by atoms with E-state index >= 15 is 0 Å². The molecule has 0 aliphatic heterocycles. The average molecular weight is 376 g/mol. The van der Waals surface area contributed by atoms with Crippen molar-refractivity contribution in [2.24, 2.45) is 0 Å². The van der Waals surface area contributed by atoms with Crippen molar-refractivity contribution in [3.63, 3.8) is 0 Å². The van der Waals surface area contributed by atoms with E-state index in [9.17, 15) is 13.2 Å². The molecule has 2 rings (SSSR count). The molecule has 0 aliphatic carbocycles. The first-order chi connectivity index (χ1) is 12.3. The number of methoxy groups -OCH3 is 1. The van der Waals surface area contributed by atoms with Gasteiger partial charge in [-0.15, -0.1) is 0 Å². The summed E-state index contributed by atoms with van der Waals surface area (Å²) in [5.74, 6) is 0.289. The molecule has 140 valence electrons. The van der Waals surface area contributed by atoms with Gasteiger partial charge in [-0.1, -0.05) is 19.1 Å². The Bertz CT molecular complexity index is 863. The number of carbonyl (C=O) groups is 1. The molecule has 0 unspecified atom stereocenters. The maximum Gasteiger partial charge on any atom is 0.248 e. The van der Waals surface area contributed by atoms with Crippen molar-refractivity contribution in [1.82, 2.24) is 0 Å². The van der Waals surface area contributed by atoms with Crippen molar-refractivity contribution in [1.29, 1.82) is 0 Å². The summed E-state index contributed by atoms with van der Waals surface area (Å²) in [5, 5.41) is 2.78. The van der Waals surface area contributed by atoms with Crippen molar-refractivity contribution in [2.45, 2.75) is 26.3 Å². The summed E-state index contributed by atoms with van der Waals surface area (Å²) < 4.78 is 31.1. The average Bonchev–Trinajstić information content (AvgIpc) is 2.58. The summed E-state index contributed by atoms with van der Waals surface area (Å²) in [4.78, 5) is 12.8. The van der Waals surface area contributed by atoms with E-state index in [1.54, 1.807) is 56.5 Å². The van der Waals surface area contributed by atoms with E-state index in [0.29, 0.717) is 23.5 Å². The maximum absolute atomic E-state index is 12.8. The third-order valence-corrected chi connectivity index (χ3v) is 5.12. The number of sulfonamides is 1. The highest BCUT2D eigenvalue weighted by Gasteiger charge is 2.31. The predicted octanol–water partition coefficient (Wildman–Crippen LogP) is 3.19. The Kier molecular flexibility index (Phi) is 6.26. The van der Waals surface area contributed by atoms with Crippen molar-refractivity contribution in [3.8, 4) is 5.75 Å². The molecule has 1 amide bonds. The fraction of sp³-hybridized carbons (Fsp3) is 0.316. The summed E-state index contributed by atoms with van der Waals surface area (Å²) >= 11 is 0. The molecule has 0 saturated carbocycles. The van der Waals surface area contributed by atoms with E-state index in [0.717, 1.165) is 11.8 Å². The molecule has 26 heavy (non-hydrogen) atoms. The number of hydrogen-bond acceptors (Lipinski definition) is 4. The number of nitrogens with zero attached hydrogens (tertiary/aromatic N) is 1. The number of aryl methyl sites for hydroxylation is 1. The molecule has 1 atom stereocenters. The quantitative estimate of drug-likeness (QED) is 0.805. The van der Waals surface area contributed by atoms with Gasteiger partial charge < -0.3 is 10.1 Å². The van der Waals surface area contributed by atoms with Gasteiger partial charge in [-0.2, -0.15) is 0 Å². The second-order valence-corrected chi connectivity index (χ2v) is 7.90. The summed E-state index contributed by atoms with van der Waals surface area (Å²) in [5.41, 5.74) is 1.97. The second kappa shape index (κ2) is 8.23. The van der Waals surface area contributed by atoms with Crippen molar-refractivity contribution in [2.75, 3.05) is 23.0 Å². The molecule has 7 heteroatoms. The molecular weight excluding hydrogens is 352 g/mol. The number of carbonyl (C=O) groups excluding carboxylic acids is 1. The first kappa shape index (κ1) is 19.8. The fourth-order valence-electron chi connectivity index (χ4n) is 2.73. The van der Waals surface area contributed by atoms with Crippen LogP contribution in [0.1, 0.15) is 18.9 Å². The van der Waals surface area contributed by atoms with Gasteiger partial charge in [-0.3, -0.25) is 9.10 Å². The number of benzene rings is 2. The van der Waals surface area contributed by atoms with Crippen LogP contribution in [-0.4, -0.2) is 33.7 Å². The summed E-state index contributed by atoms with van der Waals surface area (Å²) in [7, 11) is -2.08. The number of hydrogen-bond donors (Lipinski definition) is 1. The van der Waals surface area contributed by atoms with E-state index in [1.165, 1.54) is 4.31 Å². The molecule has 0 fully saturated rings. The molecule has 0 aliphatic rings. The summed E-state index contributed by atoms with van der Waals surface area (Å²) in [6.07, 6.45) is 1.45. The van der Waals surface area contributed by atoms with Gasteiger partial charge in [0.15, 0.2) is 0 Å². The van der Waals surface area contributed by atoms with Gasteiger partial charge >= 0.3 is 0 Å². The fourth-order valence-corrected chi connectivity index (χ4v) is 3.93. The van der Waals surface area contributed by atoms with E-state index in [-0.39, 0.29) is 5.91 Å². The van der Waals surface area contributed by atoms with Crippen molar-refractivity contribution in [3.05, 3.63) is 54.1 Å². The highest BCUT2D eigenvalue weighted by Crippen LogP contribution is 2.24. The minimum absolute atomic E-state index is 0.336. The highest BCUT2D eigenvalue weighted by atomic mass is 32.2. The first-order valence-corrected chi connectivity index (χ1v) is 10.1. The lowest BCUT2D eigenvalue weighted by Gasteiger charge is -2.30. The first-order valence-electron chi connectivity index (χ1n) is 8.27. The smallest absolute Gasteiger partial charge is 0.248 e. The van der Waals surface area contributed by atoms with Crippen molar-refractivity contribution >= 4 is 27.3 Å². The van der Waals surface area contributed by atoms with Crippen LogP contribution in [0, 0.1) is 6.92 Å². The molecule has 0 heterocycles. The molecule has 6 nitrogen and oxygen atoms in total. The van der Waals surface area contributed by atoms with Gasteiger partial charge in [-0.25, -0.2) is 8.42 Å². The molecule has 0 radical (unpaired) electrons. The standard InChI is InChI=1S/C19H24N2O4S/c1-5-18(19(22)20-15-9-11-17(25-3)12-10-15)21(26(4,23)24)16-8-6-7-14(2)13-16/h6-13,18H,5H2,1-4H3,(H,20,22)/t18-/m0/s1. The third-order valence-electron chi connectivity index (χ3n) is 3.94. The van der Waals surface area contributed by atoms with E-state index < -0.39 is 16.1 Å². The zero-order valence-corrected chi connectivity index (χ0v) is 16.2. The second-order valence-electron chi connectivity index (χ2n) is 6.04. The lowest BCUT2D eigenvalue weighted by Crippen LogP contribution is -2.47. The normalized spacial score (nSPS) is 12.3. The van der Waals surface area contributed by atoms with Crippen LogP contribution >= 0.6 is 0 Å². The Balaban J connectivity index is 2.33. The van der Waals surface area contributed by atoms with E-state index in [2.05, 4.69) is 5.32 Å². The summed E-state index contributed by atoms with van der Waals surface area (Å²) in [6.45, 7) is 3.66. The van der Waals surface area contributed by atoms with Crippen LogP contribution in [0.3, 0.4) is 0 Å². The predicted molar refractivity (Wildman–Crippen MR) is 104 cm³/mol. The Labute approximate surface area is 154 Å². The Morgan fingerprint density at radius 1 is 1.19 bits per heavy atom. The van der Waals surface area contributed by atoms with Gasteiger partial charge in [0.25, 0.3) is 0 Å². The molecule has 1 N–H and O–H groups in total. The van der Waals surface area contributed by atoms with Crippen LogP contribution in [0.25, 0.3) is 0 Å². The van der Waals surface area contributed by atoms with E-state index in [1.807, 2.05) is 13.0 Å². The highest BCUT2D eigenvalue weighted by molar-refractivity contribution is 7.92. The SMILES string of the molecule is CC[C@@H](C(=O)Nc1ccc(OC)cc1)N(c1cccc(C)c1)S(C)(=O)=O. The molecule has 0 saturated heterocycles. The number of amides is 1. The van der Waals surface area contributed by atoms with Crippen molar-refractivity contribution < 1.29 is 17.9 Å². The van der Waals surface area contributed by atoms with Gasteiger partial charge in [-0.05, 0) is 55.3 Å². The minimum atomic E-state index is -3.64. The van der Waals surface area contributed by atoms with Crippen LogP contribution in [0.5, 0.6) is 5.75 Å². The zero-order chi connectivity index (χ0) is 19.3. The Hall–Kier alpha value is -2.54. The minimum Gasteiger partial charge on any atom is -0.497 e. The molecule has 0 aromatic heterocycles. The molecule has 0 spiro atoms. The lowest BCUT2D eigenvalue weighted by atomic mass is 10.1. The number of nitrogens with one attached hydrogen (secondary N) is 1. The van der Waals surface area contributed by atoms with Gasteiger partial charge in [0.05, 0.1) is 19.1 Å². The summed E-state index contributed by atoms with van der Waals surface area (Å²) in [6, 6.07) is 13.1. The maximum atomic E-state index is 12.8. The van der Waals surface area contributed by atoms with Crippen LogP contribution in [-0.2, 0) is 14.8 Å².